The van der Waals surface area contributed by atoms with E-state index in [1.807, 2.05) is 13.8 Å². The van der Waals surface area contributed by atoms with Gasteiger partial charge >= 0.3 is 6.03 Å². The van der Waals surface area contributed by atoms with E-state index in [0.29, 0.717) is 9.47 Å². The Balaban J connectivity index is 2.10. The molecule has 1 atom stereocenters. The Labute approximate surface area is 142 Å². The number of carbonyl (C=O) groups excluding carboxylic acids is 3. The van der Waals surface area contributed by atoms with Crippen LogP contribution in [0.4, 0.5) is 9.93 Å². The quantitative estimate of drug-likeness (QED) is 0.586. The van der Waals surface area contributed by atoms with E-state index in [0.717, 1.165) is 12.8 Å². The molecule has 0 bridgehead atoms. The third kappa shape index (κ3) is 4.64. The summed E-state index contributed by atoms with van der Waals surface area (Å²) in [6.45, 7) is 5.24. The number of urea groups is 1. The maximum atomic E-state index is 12.0. The highest BCUT2D eigenvalue weighted by atomic mass is 32.2. The lowest BCUT2D eigenvalue weighted by atomic mass is 10.1. The van der Waals surface area contributed by atoms with E-state index in [1.165, 1.54) is 30.0 Å². The highest BCUT2D eigenvalue weighted by Gasteiger charge is 2.34. The first-order chi connectivity index (χ1) is 10.8. The Kier molecular flexibility index (Phi) is 5.58. The summed E-state index contributed by atoms with van der Waals surface area (Å²) in [7, 11) is 0. The highest BCUT2D eigenvalue weighted by molar-refractivity contribution is 8.02. The predicted molar refractivity (Wildman–Crippen MR) is 88.3 cm³/mol. The molecular formula is C13H19N5O3S2. The molecule has 8 nitrogen and oxygen atoms in total. The Bertz CT molecular complexity index is 615. The summed E-state index contributed by atoms with van der Waals surface area (Å²) in [5.41, 5.74) is 4.99. The second kappa shape index (κ2) is 7.26. The minimum atomic E-state index is -0.879. The van der Waals surface area contributed by atoms with Gasteiger partial charge < -0.3 is 5.73 Å². The molecule has 3 N–H and O–H groups in total. The molecule has 1 saturated carbocycles. The zero-order chi connectivity index (χ0) is 17.1. The lowest BCUT2D eigenvalue weighted by Gasteiger charge is -2.17. The van der Waals surface area contributed by atoms with Gasteiger partial charge in [-0.3, -0.25) is 19.8 Å². The van der Waals surface area contributed by atoms with Crippen molar-refractivity contribution in [2.75, 3.05) is 4.90 Å². The van der Waals surface area contributed by atoms with Crippen LogP contribution in [0, 0.1) is 5.92 Å². The van der Waals surface area contributed by atoms with E-state index in [2.05, 4.69) is 15.5 Å². The number of nitrogens with one attached hydrogen (secondary N) is 1. The fourth-order valence-corrected chi connectivity index (χ4v) is 4.19. The van der Waals surface area contributed by atoms with Crippen molar-refractivity contribution in [3.63, 3.8) is 0 Å². The molecule has 1 aliphatic carbocycles. The zero-order valence-corrected chi connectivity index (χ0v) is 14.7. The summed E-state index contributed by atoms with van der Waals surface area (Å²) >= 11 is 2.49. The van der Waals surface area contributed by atoms with E-state index < -0.39 is 17.2 Å². The molecule has 1 aromatic rings. The van der Waals surface area contributed by atoms with E-state index in [4.69, 9.17) is 5.73 Å². The fraction of sp³-hybridized carbons (Fsp3) is 0.615. The number of thioether (sulfide) groups is 1. The van der Waals surface area contributed by atoms with E-state index in [1.54, 1.807) is 4.90 Å². The molecule has 10 heteroatoms. The number of hydrogen-bond acceptors (Lipinski definition) is 7. The van der Waals surface area contributed by atoms with Gasteiger partial charge in [-0.25, -0.2) is 4.79 Å². The number of amides is 4. The van der Waals surface area contributed by atoms with Crippen molar-refractivity contribution in [1.29, 1.82) is 0 Å². The van der Waals surface area contributed by atoms with Gasteiger partial charge in [-0.05, 0) is 18.8 Å². The third-order valence-electron chi connectivity index (χ3n) is 3.19. The molecule has 23 heavy (non-hydrogen) atoms. The van der Waals surface area contributed by atoms with Gasteiger partial charge in [0.05, 0.1) is 5.25 Å². The average Bonchev–Trinajstić information content (AvgIpc) is 3.13. The number of primary amides is 1. The van der Waals surface area contributed by atoms with Crippen LogP contribution in [-0.4, -0.2) is 39.3 Å². The van der Waals surface area contributed by atoms with Crippen LogP contribution in [0.25, 0.3) is 0 Å². The molecule has 1 unspecified atom stereocenters. The van der Waals surface area contributed by atoms with Crippen LogP contribution in [0.3, 0.4) is 0 Å². The molecule has 2 rings (SSSR count). The van der Waals surface area contributed by atoms with Crippen LogP contribution < -0.4 is 16.0 Å². The second-order valence-electron chi connectivity index (χ2n) is 5.61. The van der Waals surface area contributed by atoms with Crippen LogP contribution in [0.5, 0.6) is 0 Å². The SMILES string of the molecule is CC(=O)N(c1nnc(SC(C(=O)NC(N)=O)C(C)C)s1)C1CC1. The summed E-state index contributed by atoms with van der Waals surface area (Å²) in [6, 6.07) is -0.673. The first-order valence-electron chi connectivity index (χ1n) is 7.19. The number of nitrogens with two attached hydrogens (primary N) is 1. The van der Waals surface area contributed by atoms with Crippen molar-refractivity contribution >= 4 is 46.1 Å². The second-order valence-corrected chi connectivity index (χ2v) is 7.95. The lowest BCUT2D eigenvalue weighted by molar-refractivity contribution is -0.120. The van der Waals surface area contributed by atoms with E-state index in [-0.39, 0.29) is 17.9 Å². The minimum absolute atomic E-state index is 0.0287. The summed E-state index contributed by atoms with van der Waals surface area (Å²) in [5.74, 6) is -0.550. The van der Waals surface area contributed by atoms with E-state index in [9.17, 15) is 14.4 Å². The van der Waals surface area contributed by atoms with Gasteiger partial charge in [-0.15, -0.1) is 10.2 Å². The largest absolute Gasteiger partial charge is 0.351 e. The maximum Gasteiger partial charge on any atom is 0.318 e. The van der Waals surface area contributed by atoms with Crippen LogP contribution in [-0.2, 0) is 9.59 Å². The molecule has 0 saturated heterocycles. The van der Waals surface area contributed by atoms with Crippen molar-refractivity contribution in [3.8, 4) is 0 Å². The number of anilines is 1. The van der Waals surface area contributed by atoms with Crippen molar-refractivity contribution in [3.05, 3.63) is 0 Å². The Morgan fingerprint density at radius 2 is 2.00 bits per heavy atom. The molecule has 0 aromatic carbocycles. The molecule has 1 aliphatic rings. The average molecular weight is 357 g/mol. The fourth-order valence-electron chi connectivity index (χ4n) is 2.02. The smallest absolute Gasteiger partial charge is 0.318 e. The topological polar surface area (TPSA) is 118 Å². The molecule has 0 radical (unpaired) electrons. The first-order valence-corrected chi connectivity index (χ1v) is 8.89. The number of nitrogens with zero attached hydrogens (tertiary/aromatic N) is 3. The van der Waals surface area contributed by atoms with Gasteiger partial charge in [0.25, 0.3) is 0 Å². The maximum absolute atomic E-state index is 12.0. The van der Waals surface area contributed by atoms with Gasteiger partial charge in [-0.2, -0.15) is 0 Å². The van der Waals surface area contributed by atoms with Gasteiger partial charge in [0.15, 0.2) is 4.34 Å². The van der Waals surface area contributed by atoms with Crippen molar-refractivity contribution in [2.24, 2.45) is 11.7 Å². The van der Waals surface area contributed by atoms with Gasteiger partial charge in [-0.1, -0.05) is 36.9 Å². The van der Waals surface area contributed by atoms with Crippen molar-refractivity contribution in [1.82, 2.24) is 15.5 Å². The van der Waals surface area contributed by atoms with Gasteiger partial charge in [0.2, 0.25) is 16.9 Å². The molecule has 1 aromatic heterocycles. The number of imide groups is 1. The van der Waals surface area contributed by atoms with Crippen molar-refractivity contribution in [2.45, 2.75) is 49.2 Å². The predicted octanol–water partition coefficient (Wildman–Crippen LogP) is 1.36. The molecule has 1 heterocycles. The van der Waals surface area contributed by atoms with Crippen molar-refractivity contribution < 1.29 is 14.4 Å². The van der Waals surface area contributed by atoms with Crippen LogP contribution >= 0.6 is 23.1 Å². The minimum Gasteiger partial charge on any atom is -0.351 e. The highest BCUT2D eigenvalue weighted by Crippen LogP contribution is 2.37. The molecular weight excluding hydrogens is 338 g/mol. The monoisotopic (exact) mass is 357 g/mol. The normalized spacial score (nSPS) is 15.3. The van der Waals surface area contributed by atoms with E-state index >= 15 is 0 Å². The van der Waals surface area contributed by atoms with Crippen LogP contribution in [0.15, 0.2) is 4.34 Å². The molecule has 1 fully saturated rings. The van der Waals surface area contributed by atoms with Crippen LogP contribution in [0.1, 0.15) is 33.6 Å². The standard InChI is InChI=1S/C13H19N5O3S2/c1-6(2)9(10(20)15-11(14)21)22-13-17-16-12(23-13)18(7(3)19)8-4-5-8/h6,8-9H,4-5H2,1-3H3,(H3,14,15,20,21). The number of carbonyl (C=O) groups is 3. The molecule has 0 spiro atoms. The third-order valence-corrected chi connectivity index (χ3v) is 5.74. The zero-order valence-electron chi connectivity index (χ0n) is 13.1. The lowest BCUT2D eigenvalue weighted by Crippen LogP contribution is -2.42. The number of hydrogen-bond donors (Lipinski definition) is 2. The Morgan fingerprint density at radius 3 is 2.48 bits per heavy atom. The summed E-state index contributed by atoms with van der Waals surface area (Å²) in [4.78, 5) is 36.3. The first kappa shape index (κ1) is 17.7. The Morgan fingerprint density at radius 1 is 1.35 bits per heavy atom. The summed E-state index contributed by atoms with van der Waals surface area (Å²) in [6.07, 6.45) is 1.94. The summed E-state index contributed by atoms with van der Waals surface area (Å²) < 4.78 is 0.574. The number of rotatable bonds is 6. The molecule has 0 aliphatic heterocycles. The summed E-state index contributed by atoms with van der Waals surface area (Å²) in [5, 5.41) is 10.2. The molecule has 4 amide bonds. The Hall–Kier alpha value is -1.68. The van der Waals surface area contributed by atoms with Gasteiger partial charge in [0, 0.05) is 13.0 Å². The van der Waals surface area contributed by atoms with Gasteiger partial charge in [0.1, 0.15) is 0 Å². The molecule has 126 valence electrons. The van der Waals surface area contributed by atoms with Crippen LogP contribution in [0.2, 0.25) is 0 Å². The number of aromatic nitrogens is 2.